The van der Waals surface area contributed by atoms with Crippen molar-refractivity contribution >= 4 is 10.1 Å². The number of hydrogen-bond donors (Lipinski definition) is 0. The molecule has 0 aromatic rings. The Labute approximate surface area is 211 Å². The maximum atomic E-state index is 11.5. The molecule has 206 valence electrons. The highest BCUT2D eigenvalue weighted by Gasteiger charge is 2.14. The molecule has 0 bridgehead atoms. The zero-order valence-electron chi connectivity index (χ0n) is 23.7. The molecule has 11 heteroatoms. The number of likely N-dealkylation sites (N-methyl/N-ethyl adjacent to an activating group) is 4. The van der Waals surface area contributed by atoms with E-state index in [9.17, 15) is 8.42 Å². The highest BCUT2D eigenvalue weighted by molar-refractivity contribution is 7.85. The van der Waals surface area contributed by atoms with E-state index in [1.54, 1.807) is 0 Å². The van der Waals surface area contributed by atoms with E-state index in [4.69, 9.17) is 4.18 Å². The van der Waals surface area contributed by atoms with Gasteiger partial charge in [0.25, 0.3) is 10.1 Å². The Morgan fingerprint density at radius 2 is 0.676 bits per heavy atom. The lowest BCUT2D eigenvalue weighted by molar-refractivity contribution is 0.142. The van der Waals surface area contributed by atoms with Crippen molar-refractivity contribution in [3.63, 3.8) is 0 Å². The van der Waals surface area contributed by atoms with E-state index in [0.29, 0.717) is 6.54 Å². The van der Waals surface area contributed by atoms with Crippen molar-refractivity contribution in [3.8, 4) is 0 Å². The highest BCUT2D eigenvalue weighted by atomic mass is 32.2. The Balaban J connectivity index is 5.06. The zero-order valence-corrected chi connectivity index (χ0v) is 24.5. The van der Waals surface area contributed by atoms with E-state index in [0.717, 1.165) is 84.8 Å². The van der Waals surface area contributed by atoms with E-state index in [-0.39, 0.29) is 6.61 Å². The monoisotopic (exact) mass is 509 g/mol. The van der Waals surface area contributed by atoms with Crippen LogP contribution in [0.1, 0.15) is 0 Å². The Morgan fingerprint density at radius 1 is 0.441 bits per heavy atom. The first-order valence-electron chi connectivity index (χ1n) is 12.4. The van der Waals surface area contributed by atoms with Crippen molar-refractivity contribution in [2.75, 3.05) is 154 Å². The molecule has 0 unspecified atom stereocenters. The van der Waals surface area contributed by atoms with E-state index in [1.165, 1.54) is 0 Å². The summed E-state index contributed by atoms with van der Waals surface area (Å²) >= 11 is 0. The van der Waals surface area contributed by atoms with Gasteiger partial charge in [-0.15, -0.1) is 0 Å². The molecule has 0 aromatic heterocycles. The molecule has 0 aromatic carbocycles. The topological polar surface area (TPSA) is 66.1 Å². The van der Waals surface area contributed by atoms with Gasteiger partial charge in [-0.2, -0.15) is 8.42 Å². The van der Waals surface area contributed by atoms with Crippen molar-refractivity contribution in [1.29, 1.82) is 0 Å². The smallest absolute Gasteiger partial charge is 0.264 e. The Kier molecular flexibility index (Phi) is 18.6. The molecule has 0 heterocycles. The Morgan fingerprint density at radius 3 is 0.912 bits per heavy atom. The third-order valence-electron chi connectivity index (χ3n) is 5.62. The van der Waals surface area contributed by atoms with Crippen LogP contribution in [-0.2, 0) is 14.3 Å². The normalized spacial score (nSPS) is 13.2. The highest BCUT2D eigenvalue weighted by Crippen LogP contribution is 1.99. The second-order valence-electron chi connectivity index (χ2n) is 10.3. The van der Waals surface area contributed by atoms with Crippen LogP contribution in [-0.4, -0.2) is 197 Å². The molecule has 0 aliphatic heterocycles. The maximum absolute atomic E-state index is 11.5. The van der Waals surface area contributed by atoms with Crippen molar-refractivity contribution in [3.05, 3.63) is 0 Å². The molecular weight excluding hydrogens is 454 g/mol. The summed E-state index contributed by atoms with van der Waals surface area (Å²) in [6, 6.07) is 0. The van der Waals surface area contributed by atoms with Gasteiger partial charge in [0, 0.05) is 85.1 Å². The van der Waals surface area contributed by atoms with Gasteiger partial charge in [-0.25, -0.2) is 0 Å². The SMILES string of the molecule is CN(C)CCN(CCN(C)C)CCN(CCOS(C)(=O)=O)CCN(CCN(C)C)CCN(C)C. The van der Waals surface area contributed by atoms with E-state index < -0.39 is 10.1 Å². The molecule has 10 nitrogen and oxygen atoms in total. The van der Waals surface area contributed by atoms with Crippen LogP contribution in [0.5, 0.6) is 0 Å². The summed E-state index contributed by atoms with van der Waals surface area (Å²) in [5, 5.41) is 0. The van der Waals surface area contributed by atoms with Gasteiger partial charge in [0.1, 0.15) is 0 Å². The molecule has 0 amide bonds. The van der Waals surface area contributed by atoms with Gasteiger partial charge in [0.2, 0.25) is 0 Å². The van der Waals surface area contributed by atoms with Crippen LogP contribution < -0.4 is 0 Å². The van der Waals surface area contributed by atoms with Crippen molar-refractivity contribution in [2.45, 2.75) is 0 Å². The first-order valence-corrected chi connectivity index (χ1v) is 14.2. The second-order valence-corrected chi connectivity index (χ2v) is 11.9. The third-order valence-corrected chi connectivity index (χ3v) is 6.22. The fraction of sp³-hybridized carbons (Fsp3) is 1.00. The molecular formula is C23H55N7O3S. The molecule has 0 atom stereocenters. The first-order chi connectivity index (χ1) is 15.8. The zero-order chi connectivity index (χ0) is 26.1. The van der Waals surface area contributed by atoms with Crippen LogP contribution in [0.4, 0.5) is 0 Å². The predicted octanol–water partition coefficient (Wildman–Crippen LogP) is -0.885. The Bertz CT molecular complexity index is 533. The second kappa shape index (κ2) is 18.8. The van der Waals surface area contributed by atoms with Crippen LogP contribution >= 0.6 is 0 Å². The largest absolute Gasteiger partial charge is 0.308 e. The average molecular weight is 510 g/mol. The summed E-state index contributed by atoms with van der Waals surface area (Å²) in [7, 11) is 13.4. The molecule has 0 aliphatic rings. The minimum atomic E-state index is -3.42. The lowest BCUT2D eigenvalue weighted by Gasteiger charge is -2.31. The fourth-order valence-electron chi connectivity index (χ4n) is 3.26. The summed E-state index contributed by atoms with van der Waals surface area (Å²) in [5.74, 6) is 0. The Hall–Kier alpha value is -0.370. The minimum Gasteiger partial charge on any atom is -0.308 e. The van der Waals surface area contributed by atoms with Crippen molar-refractivity contribution in [2.24, 2.45) is 0 Å². The maximum Gasteiger partial charge on any atom is 0.264 e. The molecule has 0 aliphatic carbocycles. The molecule has 0 saturated carbocycles. The van der Waals surface area contributed by atoms with Crippen LogP contribution in [0, 0.1) is 0 Å². The number of nitrogens with zero attached hydrogens (tertiary/aromatic N) is 7. The van der Waals surface area contributed by atoms with Gasteiger partial charge < -0.3 is 19.6 Å². The first kappa shape index (κ1) is 33.6. The van der Waals surface area contributed by atoms with E-state index in [1.807, 2.05) is 0 Å². The van der Waals surface area contributed by atoms with Crippen molar-refractivity contribution < 1.29 is 12.6 Å². The summed E-state index contributed by atoms with van der Waals surface area (Å²) in [4.78, 5) is 16.2. The lowest BCUT2D eigenvalue weighted by atomic mass is 10.3. The quantitative estimate of drug-likeness (QED) is 0.172. The van der Waals surface area contributed by atoms with Crippen LogP contribution in [0.2, 0.25) is 0 Å². The van der Waals surface area contributed by atoms with Crippen LogP contribution in [0.25, 0.3) is 0 Å². The van der Waals surface area contributed by atoms with Gasteiger partial charge in [0.15, 0.2) is 0 Å². The molecule has 0 saturated heterocycles. The van der Waals surface area contributed by atoms with Crippen LogP contribution in [0.15, 0.2) is 0 Å². The molecule has 0 fully saturated rings. The molecule has 0 N–H and O–H groups in total. The van der Waals surface area contributed by atoms with E-state index in [2.05, 4.69) is 90.7 Å². The summed E-state index contributed by atoms with van der Waals surface area (Å²) < 4.78 is 28.0. The van der Waals surface area contributed by atoms with Crippen LogP contribution in [0.3, 0.4) is 0 Å². The standard InChI is InChI=1S/C23H55N7O3S/c1-24(2)10-14-28(15-11-25(3)4)18-20-30(22-23-33-34(9,31)32)21-19-29(16-12-26(5)6)17-13-27(7)8/h10-23H2,1-9H3. The summed E-state index contributed by atoms with van der Waals surface area (Å²) in [6.07, 6.45) is 1.12. The van der Waals surface area contributed by atoms with Crippen molar-refractivity contribution in [1.82, 2.24) is 34.3 Å². The van der Waals surface area contributed by atoms with Gasteiger partial charge in [-0.05, 0) is 56.4 Å². The van der Waals surface area contributed by atoms with Gasteiger partial charge in [0.05, 0.1) is 12.9 Å². The van der Waals surface area contributed by atoms with Gasteiger partial charge in [-0.3, -0.25) is 18.9 Å². The molecule has 0 rings (SSSR count). The summed E-state index contributed by atoms with van der Waals surface area (Å²) in [6.45, 7) is 12.7. The fourth-order valence-corrected chi connectivity index (χ4v) is 3.63. The van der Waals surface area contributed by atoms with E-state index >= 15 is 0 Å². The third kappa shape index (κ3) is 22.1. The van der Waals surface area contributed by atoms with Gasteiger partial charge >= 0.3 is 0 Å². The minimum absolute atomic E-state index is 0.198. The molecule has 0 spiro atoms. The lowest BCUT2D eigenvalue weighted by Crippen LogP contribution is -2.45. The number of hydrogen-bond acceptors (Lipinski definition) is 10. The number of rotatable bonds is 22. The van der Waals surface area contributed by atoms with Gasteiger partial charge in [-0.1, -0.05) is 0 Å². The molecule has 34 heavy (non-hydrogen) atoms. The summed E-state index contributed by atoms with van der Waals surface area (Å²) in [5.41, 5.74) is 0. The average Bonchev–Trinajstić information content (AvgIpc) is 2.70. The molecule has 0 radical (unpaired) electrons. The predicted molar refractivity (Wildman–Crippen MR) is 144 cm³/mol.